The van der Waals surface area contributed by atoms with Crippen molar-refractivity contribution in [2.24, 2.45) is 0 Å². The van der Waals surface area contributed by atoms with Crippen LogP contribution in [0.15, 0.2) is 24.3 Å². The molecule has 1 saturated heterocycles. The van der Waals surface area contributed by atoms with E-state index in [4.69, 9.17) is 5.11 Å². The van der Waals surface area contributed by atoms with Gasteiger partial charge in [0.25, 0.3) is 0 Å². The zero-order chi connectivity index (χ0) is 13.5. The highest BCUT2D eigenvalue weighted by molar-refractivity contribution is 6.01. The van der Waals surface area contributed by atoms with Crippen molar-refractivity contribution in [1.82, 2.24) is 5.32 Å². The number of hydrogen-bond donors (Lipinski definition) is 2. The normalized spacial score (nSPS) is 13.3. The molecule has 2 amide bonds. The van der Waals surface area contributed by atoms with Gasteiger partial charge in [-0.1, -0.05) is 12.1 Å². The van der Waals surface area contributed by atoms with E-state index >= 15 is 0 Å². The largest absolute Gasteiger partial charge is 0.478 e. The van der Waals surface area contributed by atoms with E-state index in [0.717, 1.165) is 0 Å². The van der Waals surface area contributed by atoms with Crippen LogP contribution >= 0.6 is 0 Å². The van der Waals surface area contributed by atoms with Crippen molar-refractivity contribution >= 4 is 24.1 Å². The molecule has 1 aliphatic rings. The van der Waals surface area contributed by atoms with Crippen LogP contribution in [0.3, 0.4) is 0 Å². The van der Waals surface area contributed by atoms with Crippen LogP contribution in [-0.2, 0) is 9.59 Å². The van der Waals surface area contributed by atoms with Crippen LogP contribution in [0.4, 0.5) is 0 Å². The van der Waals surface area contributed by atoms with E-state index in [-0.39, 0.29) is 17.4 Å². The second-order valence-electron chi connectivity index (χ2n) is 3.52. The van der Waals surface area contributed by atoms with Crippen molar-refractivity contribution in [2.75, 3.05) is 0 Å². The number of carboxylic acids is 1. The Morgan fingerprint density at radius 2 is 1.61 bits per heavy atom. The second-order valence-corrected chi connectivity index (χ2v) is 3.52. The molecule has 1 aromatic carbocycles. The molecule has 1 aromatic rings. The lowest BCUT2D eigenvalue weighted by atomic mass is 10.1. The summed E-state index contributed by atoms with van der Waals surface area (Å²) in [7, 11) is 0. The SMILES string of the molecule is O=C1CCC(=O)N1.O=Cc1ccc(C(=O)O)cc1. The lowest BCUT2D eigenvalue weighted by molar-refractivity contribution is -0.124. The van der Waals surface area contributed by atoms with Crippen molar-refractivity contribution in [2.45, 2.75) is 12.8 Å². The minimum absolute atomic E-state index is 0.148. The average Bonchev–Trinajstić information content (AvgIpc) is 2.74. The number of carbonyl (C=O) groups excluding carboxylic acids is 3. The number of rotatable bonds is 2. The Balaban J connectivity index is 0.000000199. The molecule has 1 aliphatic heterocycles. The fraction of sp³-hybridized carbons (Fsp3) is 0.167. The van der Waals surface area contributed by atoms with E-state index in [1.165, 1.54) is 24.3 Å². The maximum atomic E-state index is 10.3. The molecule has 0 aliphatic carbocycles. The number of carboxylic acid groups (broad SMARTS) is 1. The summed E-state index contributed by atoms with van der Waals surface area (Å²) in [6.07, 6.45) is 1.42. The van der Waals surface area contributed by atoms with Crippen LogP contribution in [0.25, 0.3) is 0 Å². The second kappa shape index (κ2) is 6.29. The van der Waals surface area contributed by atoms with Crippen LogP contribution in [0.5, 0.6) is 0 Å². The summed E-state index contributed by atoms with van der Waals surface area (Å²) >= 11 is 0. The highest BCUT2D eigenvalue weighted by Gasteiger charge is 2.15. The van der Waals surface area contributed by atoms with Crippen molar-refractivity contribution < 1.29 is 24.3 Å². The molecule has 0 aromatic heterocycles. The quantitative estimate of drug-likeness (QED) is 0.591. The van der Waals surface area contributed by atoms with Gasteiger partial charge in [0.15, 0.2) is 0 Å². The van der Waals surface area contributed by atoms with Gasteiger partial charge >= 0.3 is 5.97 Å². The predicted octanol–water partition coefficient (Wildman–Crippen LogP) is 0.620. The summed E-state index contributed by atoms with van der Waals surface area (Å²) in [5.41, 5.74) is 0.672. The lowest BCUT2D eigenvalue weighted by Crippen LogP contribution is -2.18. The number of imide groups is 1. The Hall–Kier alpha value is -2.50. The summed E-state index contributed by atoms with van der Waals surface area (Å²) in [4.78, 5) is 40.7. The number of hydrogen-bond acceptors (Lipinski definition) is 4. The van der Waals surface area contributed by atoms with Crippen LogP contribution in [0.2, 0.25) is 0 Å². The smallest absolute Gasteiger partial charge is 0.335 e. The number of benzene rings is 1. The third-order valence-electron chi connectivity index (χ3n) is 2.15. The third kappa shape index (κ3) is 4.17. The Morgan fingerprint density at radius 1 is 1.11 bits per heavy atom. The molecule has 0 radical (unpaired) electrons. The molecule has 0 saturated carbocycles. The molecule has 6 heteroatoms. The van der Waals surface area contributed by atoms with Gasteiger partial charge < -0.3 is 5.11 Å². The van der Waals surface area contributed by atoms with Gasteiger partial charge in [0.2, 0.25) is 11.8 Å². The summed E-state index contributed by atoms with van der Waals surface area (Å²) in [6.45, 7) is 0. The molecule has 2 N–H and O–H groups in total. The van der Waals surface area contributed by atoms with Gasteiger partial charge in [-0.3, -0.25) is 19.7 Å². The summed E-state index contributed by atoms with van der Waals surface area (Å²) in [6, 6.07) is 5.73. The molecule has 1 fully saturated rings. The molecular weight excluding hydrogens is 238 g/mol. The number of aromatic carboxylic acids is 1. The maximum Gasteiger partial charge on any atom is 0.335 e. The highest BCUT2D eigenvalue weighted by atomic mass is 16.4. The van der Waals surface area contributed by atoms with Gasteiger partial charge in [-0.05, 0) is 12.1 Å². The van der Waals surface area contributed by atoms with E-state index in [9.17, 15) is 19.2 Å². The topological polar surface area (TPSA) is 101 Å². The van der Waals surface area contributed by atoms with E-state index in [0.29, 0.717) is 24.7 Å². The van der Waals surface area contributed by atoms with Crippen LogP contribution in [-0.4, -0.2) is 29.2 Å². The summed E-state index contributed by atoms with van der Waals surface area (Å²) < 4.78 is 0. The van der Waals surface area contributed by atoms with Crippen molar-refractivity contribution in [3.8, 4) is 0 Å². The summed E-state index contributed by atoms with van der Waals surface area (Å²) in [5, 5.41) is 10.6. The molecule has 94 valence electrons. The minimum atomic E-state index is -0.984. The molecule has 1 heterocycles. The maximum absolute atomic E-state index is 10.3. The first kappa shape index (κ1) is 13.6. The Morgan fingerprint density at radius 3 is 1.89 bits per heavy atom. The molecule has 0 spiro atoms. The molecule has 0 bridgehead atoms. The number of aldehydes is 1. The molecule has 18 heavy (non-hydrogen) atoms. The first-order valence-corrected chi connectivity index (χ1v) is 5.14. The van der Waals surface area contributed by atoms with Gasteiger partial charge in [0, 0.05) is 18.4 Å². The number of carbonyl (C=O) groups is 4. The van der Waals surface area contributed by atoms with E-state index in [1.807, 2.05) is 0 Å². The van der Waals surface area contributed by atoms with Gasteiger partial charge in [0.05, 0.1) is 5.56 Å². The van der Waals surface area contributed by atoms with Crippen molar-refractivity contribution in [3.63, 3.8) is 0 Å². The van der Waals surface area contributed by atoms with E-state index in [1.54, 1.807) is 0 Å². The Kier molecular flexibility index (Phi) is 4.74. The fourth-order valence-electron chi connectivity index (χ4n) is 1.21. The Bertz CT molecular complexity index is 464. The third-order valence-corrected chi connectivity index (χ3v) is 2.15. The minimum Gasteiger partial charge on any atom is -0.478 e. The first-order chi connectivity index (χ1) is 8.52. The lowest BCUT2D eigenvalue weighted by Gasteiger charge is -1.92. The number of amides is 2. The molecule has 2 rings (SSSR count). The zero-order valence-electron chi connectivity index (χ0n) is 9.38. The molecular formula is C12H11NO5. The van der Waals surface area contributed by atoms with Crippen molar-refractivity contribution in [1.29, 1.82) is 0 Å². The summed E-state index contributed by atoms with van der Waals surface area (Å²) in [5.74, 6) is -1.28. The molecule has 6 nitrogen and oxygen atoms in total. The van der Waals surface area contributed by atoms with Crippen LogP contribution in [0, 0.1) is 0 Å². The molecule has 0 unspecified atom stereocenters. The predicted molar refractivity (Wildman–Crippen MR) is 61.2 cm³/mol. The highest BCUT2D eigenvalue weighted by Crippen LogP contribution is 2.01. The molecule has 0 atom stereocenters. The van der Waals surface area contributed by atoms with Gasteiger partial charge in [0.1, 0.15) is 6.29 Å². The monoisotopic (exact) mass is 249 g/mol. The van der Waals surface area contributed by atoms with Crippen LogP contribution < -0.4 is 5.32 Å². The number of nitrogens with one attached hydrogen (secondary N) is 1. The fourth-order valence-corrected chi connectivity index (χ4v) is 1.21. The van der Waals surface area contributed by atoms with Crippen molar-refractivity contribution in [3.05, 3.63) is 35.4 Å². The standard InChI is InChI=1S/C8H6O3.C4H5NO2/c9-5-6-1-3-7(4-2-6)8(10)11;6-3-1-2-4(7)5-3/h1-5H,(H,10,11);1-2H2,(H,5,6,7). The van der Waals surface area contributed by atoms with E-state index < -0.39 is 5.97 Å². The van der Waals surface area contributed by atoms with Crippen LogP contribution in [0.1, 0.15) is 33.6 Å². The zero-order valence-corrected chi connectivity index (χ0v) is 9.38. The van der Waals surface area contributed by atoms with E-state index in [2.05, 4.69) is 5.32 Å². The Labute approximate surface area is 103 Å². The average molecular weight is 249 g/mol. The van der Waals surface area contributed by atoms with Gasteiger partial charge in [-0.15, -0.1) is 0 Å². The van der Waals surface area contributed by atoms with Gasteiger partial charge in [-0.25, -0.2) is 4.79 Å². The van der Waals surface area contributed by atoms with Gasteiger partial charge in [-0.2, -0.15) is 0 Å². The first-order valence-electron chi connectivity index (χ1n) is 5.14.